The summed E-state index contributed by atoms with van der Waals surface area (Å²) in [5, 5.41) is 47.5. The number of imidazole rings is 1. The fourth-order valence-corrected chi connectivity index (χ4v) is 5.69. The number of nitrogens with zero attached hydrogens (tertiary/aromatic N) is 5. The van der Waals surface area contributed by atoms with Gasteiger partial charge in [0.1, 0.15) is 11.8 Å². The van der Waals surface area contributed by atoms with E-state index in [1.165, 1.54) is 23.2 Å². The molecule has 0 unspecified atom stereocenters. The Bertz CT molecular complexity index is 1230. The number of carbonyl (C=O) groups is 1. The molecule has 2 aliphatic rings. The van der Waals surface area contributed by atoms with Crippen LogP contribution in [0.15, 0.2) is 30.7 Å². The highest BCUT2D eigenvalue weighted by atomic mass is 16.6. The summed E-state index contributed by atoms with van der Waals surface area (Å²) < 4.78 is 6.70. The molecule has 1 aliphatic heterocycles. The third-order valence-corrected chi connectivity index (χ3v) is 8.04. The number of benzene rings is 1. The Kier molecular flexibility index (Phi) is 10.9. The molecule has 1 saturated carbocycles. The average molecular weight is 590 g/mol. The van der Waals surface area contributed by atoms with E-state index in [1.807, 2.05) is 4.90 Å². The number of nitrogens with one attached hydrogen (secondary N) is 1. The number of β-amino-alcohol motifs (C(OH)–C–C–N with tert-alkyl or cyclic N) is 1. The molecule has 1 saturated heterocycles. The van der Waals surface area contributed by atoms with Crippen LogP contribution in [0.2, 0.25) is 0 Å². The van der Waals surface area contributed by atoms with Crippen LogP contribution in [0.1, 0.15) is 44.2 Å². The Morgan fingerprint density at radius 2 is 1.86 bits per heavy atom. The molecule has 2 heterocycles. The fraction of sp³-hybridized carbons (Fsp3) is 0.630. The predicted molar refractivity (Wildman–Crippen MR) is 151 cm³/mol. The van der Waals surface area contributed by atoms with E-state index in [-0.39, 0.29) is 18.7 Å². The van der Waals surface area contributed by atoms with Crippen LogP contribution in [-0.2, 0) is 16.0 Å². The number of nitro benzene ring substituents is 2. The Balaban J connectivity index is 1.42. The summed E-state index contributed by atoms with van der Waals surface area (Å²) in [7, 11) is 0. The van der Waals surface area contributed by atoms with Gasteiger partial charge in [-0.15, -0.1) is 0 Å². The van der Waals surface area contributed by atoms with Gasteiger partial charge in [-0.2, -0.15) is 0 Å². The molecule has 42 heavy (non-hydrogen) atoms. The molecule has 0 radical (unpaired) electrons. The van der Waals surface area contributed by atoms with E-state index in [0.717, 1.165) is 44.2 Å². The monoisotopic (exact) mass is 589 g/mol. The van der Waals surface area contributed by atoms with E-state index >= 15 is 0 Å². The second-order valence-electron chi connectivity index (χ2n) is 11.1. The number of hydrogen-bond acceptors (Lipinski definition) is 11. The molecule has 1 aromatic carbocycles. The summed E-state index contributed by atoms with van der Waals surface area (Å²) >= 11 is 0. The van der Waals surface area contributed by atoms with Crippen LogP contribution in [0.3, 0.4) is 0 Å². The number of rotatable bonds is 13. The van der Waals surface area contributed by atoms with Gasteiger partial charge in [0.25, 0.3) is 11.4 Å². The molecule has 1 amide bonds. The van der Waals surface area contributed by atoms with Gasteiger partial charge in [-0.1, -0.05) is 32.1 Å². The summed E-state index contributed by atoms with van der Waals surface area (Å²) in [5.74, 6) is -0.192. The topological polar surface area (TPSA) is 212 Å². The van der Waals surface area contributed by atoms with Crippen molar-refractivity contribution < 1.29 is 29.6 Å². The highest BCUT2D eigenvalue weighted by Gasteiger charge is 2.33. The largest absolute Gasteiger partial charge is 0.389 e. The van der Waals surface area contributed by atoms with Crippen molar-refractivity contribution in [2.75, 3.05) is 32.8 Å². The van der Waals surface area contributed by atoms with Gasteiger partial charge in [0.05, 0.1) is 59.3 Å². The van der Waals surface area contributed by atoms with E-state index in [4.69, 9.17) is 10.5 Å². The molecule has 4 rings (SSSR count). The van der Waals surface area contributed by atoms with Crippen LogP contribution in [-0.4, -0.2) is 97.6 Å². The van der Waals surface area contributed by atoms with Crippen molar-refractivity contribution in [3.8, 4) is 5.69 Å². The lowest BCUT2D eigenvalue weighted by atomic mass is 9.83. The minimum Gasteiger partial charge on any atom is -0.389 e. The normalized spacial score (nSPS) is 19.5. The van der Waals surface area contributed by atoms with Crippen molar-refractivity contribution in [1.29, 1.82) is 0 Å². The van der Waals surface area contributed by atoms with E-state index in [1.54, 1.807) is 0 Å². The average Bonchev–Trinajstić information content (AvgIpc) is 3.45. The standard InChI is InChI=1S/C27H39N7O8/c28-21(13-19-15-32(17-29-19)23-7-6-20(33(38)39)14-24(23)34(40)41)27(37)30-22(12-18-4-2-1-3-5-18)26(36)25(35)16-31-8-10-42-11-9-31/h6-7,14-15,17-18,21-22,25-26,35-36H,1-5,8-13,16,28H2,(H,30,37)/t21-,22-,25-,26+/m0/s1. The number of aliphatic hydroxyl groups excluding tert-OH is 2. The predicted octanol–water partition coefficient (Wildman–Crippen LogP) is 1.07. The molecule has 1 aliphatic carbocycles. The van der Waals surface area contributed by atoms with Crippen molar-refractivity contribution >= 4 is 17.3 Å². The fourth-order valence-electron chi connectivity index (χ4n) is 5.69. The Labute approximate surface area is 243 Å². The summed E-state index contributed by atoms with van der Waals surface area (Å²) in [6, 6.07) is 1.56. The van der Waals surface area contributed by atoms with Gasteiger partial charge in [0.15, 0.2) is 0 Å². The molecule has 2 fully saturated rings. The third-order valence-electron chi connectivity index (χ3n) is 8.04. The molecule has 5 N–H and O–H groups in total. The van der Waals surface area contributed by atoms with Crippen molar-refractivity contribution in [2.45, 2.75) is 69.2 Å². The maximum atomic E-state index is 13.2. The van der Waals surface area contributed by atoms with E-state index in [2.05, 4.69) is 10.3 Å². The molecular formula is C27H39N7O8. The summed E-state index contributed by atoms with van der Waals surface area (Å²) in [5.41, 5.74) is 5.80. The van der Waals surface area contributed by atoms with Gasteiger partial charge in [-0.3, -0.25) is 34.5 Å². The van der Waals surface area contributed by atoms with E-state index in [0.29, 0.717) is 44.3 Å². The van der Waals surface area contributed by atoms with Gasteiger partial charge in [-0.05, 0) is 18.4 Å². The van der Waals surface area contributed by atoms with Crippen molar-refractivity contribution in [2.24, 2.45) is 11.7 Å². The highest BCUT2D eigenvalue weighted by molar-refractivity contribution is 5.82. The Hall–Kier alpha value is -3.50. The number of carbonyl (C=O) groups excluding carboxylic acids is 1. The van der Waals surface area contributed by atoms with E-state index < -0.39 is 51.4 Å². The van der Waals surface area contributed by atoms with Crippen LogP contribution in [0, 0.1) is 26.1 Å². The molecule has 230 valence electrons. The zero-order valence-corrected chi connectivity index (χ0v) is 23.4. The lowest BCUT2D eigenvalue weighted by molar-refractivity contribution is -0.394. The molecule has 1 aromatic heterocycles. The first-order chi connectivity index (χ1) is 20.1. The molecular weight excluding hydrogens is 550 g/mol. The van der Waals surface area contributed by atoms with Gasteiger partial charge in [0, 0.05) is 38.3 Å². The first-order valence-electron chi connectivity index (χ1n) is 14.3. The van der Waals surface area contributed by atoms with Gasteiger partial charge in [-0.25, -0.2) is 4.98 Å². The third kappa shape index (κ3) is 8.29. The molecule has 0 spiro atoms. The number of hydrogen-bond donors (Lipinski definition) is 4. The number of nitro groups is 2. The number of nitrogens with two attached hydrogens (primary N) is 1. The van der Waals surface area contributed by atoms with Crippen LogP contribution in [0.5, 0.6) is 0 Å². The highest BCUT2D eigenvalue weighted by Crippen LogP contribution is 2.29. The summed E-state index contributed by atoms with van der Waals surface area (Å²) in [4.78, 5) is 40.6. The first kappa shape index (κ1) is 31.4. The lowest BCUT2D eigenvalue weighted by Gasteiger charge is -2.35. The van der Waals surface area contributed by atoms with Crippen LogP contribution < -0.4 is 11.1 Å². The van der Waals surface area contributed by atoms with Crippen LogP contribution in [0.25, 0.3) is 5.69 Å². The second-order valence-corrected chi connectivity index (χ2v) is 11.1. The number of amides is 1. The van der Waals surface area contributed by atoms with Crippen molar-refractivity contribution in [3.05, 3.63) is 56.6 Å². The first-order valence-corrected chi connectivity index (χ1v) is 14.3. The maximum absolute atomic E-state index is 13.2. The number of ether oxygens (including phenoxy) is 1. The quantitative estimate of drug-likeness (QED) is 0.192. The molecule has 2 aromatic rings. The second kappa shape index (κ2) is 14.6. The molecule has 0 bridgehead atoms. The number of aromatic nitrogens is 2. The molecule has 15 nitrogen and oxygen atoms in total. The van der Waals surface area contributed by atoms with Gasteiger partial charge < -0.3 is 26.0 Å². The minimum absolute atomic E-state index is 0.00217. The van der Waals surface area contributed by atoms with Gasteiger partial charge >= 0.3 is 0 Å². The zero-order chi connectivity index (χ0) is 30.2. The smallest absolute Gasteiger partial charge is 0.300 e. The number of aliphatic hydroxyl groups is 2. The van der Waals surface area contributed by atoms with Crippen molar-refractivity contribution in [1.82, 2.24) is 19.8 Å². The lowest BCUT2D eigenvalue weighted by Crippen LogP contribution is -2.56. The molecule has 15 heteroatoms. The van der Waals surface area contributed by atoms with Crippen LogP contribution >= 0.6 is 0 Å². The SMILES string of the molecule is N[C@@H](Cc1cn(-c2ccc([N+](=O)[O-])cc2[N+](=O)[O-])cn1)C(=O)N[C@@H](CC1CCCCC1)[C@@H](O)[C@@H](O)CN1CCOCC1. The number of non-ortho nitro benzene ring substituents is 1. The summed E-state index contributed by atoms with van der Waals surface area (Å²) in [6.07, 6.45) is 6.40. The Morgan fingerprint density at radius 3 is 2.52 bits per heavy atom. The summed E-state index contributed by atoms with van der Waals surface area (Å²) in [6.45, 7) is 2.70. The van der Waals surface area contributed by atoms with Crippen molar-refractivity contribution in [3.63, 3.8) is 0 Å². The minimum atomic E-state index is -1.19. The van der Waals surface area contributed by atoms with Crippen LogP contribution in [0.4, 0.5) is 11.4 Å². The molecule has 4 atom stereocenters. The number of morpholine rings is 1. The maximum Gasteiger partial charge on any atom is 0.300 e. The zero-order valence-electron chi connectivity index (χ0n) is 23.4. The van der Waals surface area contributed by atoms with E-state index in [9.17, 15) is 35.2 Å². The Morgan fingerprint density at radius 1 is 1.14 bits per heavy atom. The van der Waals surface area contributed by atoms with Gasteiger partial charge in [0.2, 0.25) is 5.91 Å².